The lowest BCUT2D eigenvalue weighted by molar-refractivity contribution is -0.119. The number of carbonyl (C=O) groups excluding carboxylic acids is 1. The smallest absolute Gasteiger partial charge is 0.264 e. The van der Waals surface area contributed by atoms with Gasteiger partial charge >= 0.3 is 0 Å². The molecule has 0 fully saturated rings. The Balaban J connectivity index is 1.93. The van der Waals surface area contributed by atoms with Crippen LogP contribution in [0, 0.1) is 0 Å². The number of hydrogen-bond acceptors (Lipinski definition) is 8. The van der Waals surface area contributed by atoms with Gasteiger partial charge in [0.15, 0.2) is 11.5 Å². The standard InChI is InChI=1S/C24H25N3O7S/c1-32-18-12-13-21(33-2)20(14-18)27(35(30,31)19-9-5-4-6-10-19)16-23(28)26-25-15-17-8-7-11-22(34-3)24(17)29/h4-15,29H,16H2,1-3H3,(H,26,28)/b25-15-. The lowest BCUT2D eigenvalue weighted by atomic mass is 10.2. The number of hydrogen-bond donors (Lipinski definition) is 2. The van der Waals surface area contributed by atoms with Crippen LogP contribution in [0.2, 0.25) is 0 Å². The van der Waals surface area contributed by atoms with Gasteiger partial charge in [0.25, 0.3) is 15.9 Å². The van der Waals surface area contributed by atoms with E-state index in [1.165, 1.54) is 45.7 Å². The highest BCUT2D eigenvalue weighted by Crippen LogP contribution is 2.35. The Hall–Kier alpha value is -4.25. The number of amides is 1. The number of phenolic OH excluding ortho intramolecular Hbond substituents is 1. The van der Waals surface area contributed by atoms with Crippen LogP contribution in [0.3, 0.4) is 0 Å². The van der Waals surface area contributed by atoms with Crippen LogP contribution < -0.4 is 23.9 Å². The van der Waals surface area contributed by atoms with Crippen molar-refractivity contribution < 1.29 is 32.5 Å². The number of methoxy groups -OCH3 is 3. The van der Waals surface area contributed by atoms with E-state index in [1.807, 2.05) is 0 Å². The zero-order valence-electron chi connectivity index (χ0n) is 19.3. The second-order valence-electron chi connectivity index (χ2n) is 7.05. The molecule has 0 spiro atoms. The molecule has 0 aromatic heterocycles. The number of nitrogens with zero attached hydrogens (tertiary/aromatic N) is 2. The molecule has 0 bridgehead atoms. The molecule has 11 heteroatoms. The number of phenols is 1. The Bertz CT molecular complexity index is 1310. The van der Waals surface area contributed by atoms with Crippen LogP contribution in [0.4, 0.5) is 5.69 Å². The van der Waals surface area contributed by atoms with E-state index < -0.39 is 22.5 Å². The van der Waals surface area contributed by atoms with Gasteiger partial charge in [0.05, 0.1) is 38.1 Å². The first kappa shape index (κ1) is 25.4. The van der Waals surface area contributed by atoms with Gasteiger partial charge in [-0.05, 0) is 36.4 Å². The first-order valence-electron chi connectivity index (χ1n) is 10.3. The number of hydrazone groups is 1. The third kappa shape index (κ3) is 5.82. The van der Waals surface area contributed by atoms with Gasteiger partial charge in [-0.25, -0.2) is 13.8 Å². The van der Waals surface area contributed by atoms with Crippen LogP contribution >= 0.6 is 0 Å². The van der Waals surface area contributed by atoms with Crippen molar-refractivity contribution in [3.05, 3.63) is 72.3 Å². The minimum absolute atomic E-state index is 0.0116. The molecule has 3 aromatic rings. The molecule has 0 unspecified atom stereocenters. The molecule has 0 aliphatic carbocycles. The molecule has 0 saturated heterocycles. The highest BCUT2D eigenvalue weighted by Gasteiger charge is 2.29. The zero-order chi connectivity index (χ0) is 25.4. The number of para-hydroxylation sites is 1. The number of ether oxygens (including phenoxy) is 3. The highest BCUT2D eigenvalue weighted by atomic mass is 32.2. The molecule has 0 aliphatic rings. The van der Waals surface area contributed by atoms with Crippen LogP contribution in [0.5, 0.6) is 23.0 Å². The highest BCUT2D eigenvalue weighted by molar-refractivity contribution is 7.92. The fourth-order valence-corrected chi connectivity index (χ4v) is 4.60. The summed E-state index contributed by atoms with van der Waals surface area (Å²) >= 11 is 0. The van der Waals surface area contributed by atoms with Gasteiger partial charge in [-0.1, -0.05) is 24.3 Å². The molecular weight excluding hydrogens is 474 g/mol. The van der Waals surface area contributed by atoms with Crippen LogP contribution in [0.15, 0.2) is 76.7 Å². The van der Waals surface area contributed by atoms with Gasteiger partial charge in [-0.3, -0.25) is 9.10 Å². The number of benzene rings is 3. The van der Waals surface area contributed by atoms with Gasteiger partial charge in [0, 0.05) is 11.6 Å². The minimum Gasteiger partial charge on any atom is -0.504 e. The second kappa shape index (κ2) is 11.3. The van der Waals surface area contributed by atoms with Crippen molar-refractivity contribution in [1.29, 1.82) is 0 Å². The third-order valence-corrected chi connectivity index (χ3v) is 6.69. The van der Waals surface area contributed by atoms with E-state index in [4.69, 9.17) is 14.2 Å². The van der Waals surface area contributed by atoms with Crippen molar-refractivity contribution in [2.24, 2.45) is 5.10 Å². The molecule has 3 rings (SSSR count). The Labute approximate surface area is 203 Å². The first-order chi connectivity index (χ1) is 16.8. The van der Waals surface area contributed by atoms with Crippen molar-refractivity contribution in [2.45, 2.75) is 4.90 Å². The van der Waals surface area contributed by atoms with Crippen LogP contribution in [0.1, 0.15) is 5.56 Å². The molecule has 0 saturated carbocycles. The van der Waals surface area contributed by atoms with Crippen molar-refractivity contribution in [2.75, 3.05) is 32.2 Å². The molecule has 2 N–H and O–H groups in total. The van der Waals surface area contributed by atoms with Crippen molar-refractivity contribution >= 4 is 27.8 Å². The van der Waals surface area contributed by atoms with Gasteiger partial charge in [0.2, 0.25) is 0 Å². The van der Waals surface area contributed by atoms with Crippen molar-refractivity contribution in [3.63, 3.8) is 0 Å². The van der Waals surface area contributed by atoms with Crippen molar-refractivity contribution in [1.82, 2.24) is 5.43 Å². The molecule has 1 amide bonds. The van der Waals surface area contributed by atoms with Gasteiger partial charge in [-0.2, -0.15) is 5.10 Å². The maximum atomic E-state index is 13.5. The maximum Gasteiger partial charge on any atom is 0.264 e. The van der Waals surface area contributed by atoms with E-state index in [1.54, 1.807) is 48.5 Å². The second-order valence-corrected chi connectivity index (χ2v) is 8.92. The lowest BCUT2D eigenvalue weighted by Crippen LogP contribution is -2.39. The summed E-state index contributed by atoms with van der Waals surface area (Å²) in [6, 6.07) is 17.1. The quantitative estimate of drug-likeness (QED) is 0.324. The average molecular weight is 500 g/mol. The Morgan fingerprint density at radius 1 is 0.971 bits per heavy atom. The molecule has 0 atom stereocenters. The predicted octanol–water partition coefficient (Wildman–Crippen LogP) is 2.76. The molecule has 3 aromatic carbocycles. The summed E-state index contributed by atoms with van der Waals surface area (Å²) in [4.78, 5) is 12.8. The van der Waals surface area contributed by atoms with Crippen molar-refractivity contribution in [3.8, 4) is 23.0 Å². The number of sulfonamides is 1. The summed E-state index contributed by atoms with van der Waals surface area (Å²) in [5.41, 5.74) is 2.70. The number of carbonyl (C=O) groups is 1. The van der Waals surface area contributed by atoms with E-state index >= 15 is 0 Å². The monoisotopic (exact) mass is 499 g/mol. The van der Waals surface area contributed by atoms with Gasteiger partial charge < -0.3 is 19.3 Å². The third-order valence-electron chi connectivity index (χ3n) is 4.92. The summed E-state index contributed by atoms with van der Waals surface area (Å²) in [7, 11) is 0.0719. The Morgan fingerprint density at radius 2 is 1.69 bits per heavy atom. The van der Waals surface area contributed by atoms with Gasteiger partial charge in [-0.15, -0.1) is 0 Å². The van der Waals surface area contributed by atoms with Gasteiger partial charge in [0.1, 0.15) is 18.0 Å². The summed E-state index contributed by atoms with van der Waals surface area (Å²) in [6.07, 6.45) is 1.22. The normalized spacial score (nSPS) is 11.2. The predicted molar refractivity (Wildman–Crippen MR) is 131 cm³/mol. The van der Waals surface area contributed by atoms with E-state index in [2.05, 4.69) is 10.5 Å². The van der Waals surface area contributed by atoms with E-state index in [0.29, 0.717) is 11.3 Å². The SMILES string of the molecule is COc1ccc(OC)c(N(CC(=O)N/N=C\c2cccc(OC)c2O)S(=O)(=O)c2ccccc2)c1. The largest absolute Gasteiger partial charge is 0.504 e. The topological polar surface area (TPSA) is 127 Å². The number of anilines is 1. The molecule has 0 radical (unpaired) electrons. The summed E-state index contributed by atoms with van der Waals surface area (Å²) in [5, 5.41) is 14.0. The maximum absolute atomic E-state index is 13.5. The summed E-state index contributed by atoms with van der Waals surface area (Å²) < 4.78 is 43.6. The molecule has 35 heavy (non-hydrogen) atoms. The Morgan fingerprint density at radius 3 is 2.34 bits per heavy atom. The molecule has 0 heterocycles. The van der Waals surface area contributed by atoms with Crippen LogP contribution in [0.25, 0.3) is 0 Å². The van der Waals surface area contributed by atoms with E-state index in [0.717, 1.165) is 4.31 Å². The fourth-order valence-electron chi connectivity index (χ4n) is 3.16. The first-order valence-corrected chi connectivity index (χ1v) is 11.7. The zero-order valence-corrected chi connectivity index (χ0v) is 20.2. The molecule has 184 valence electrons. The molecule has 0 aliphatic heterocycles. The average Bonchev–Trinajstić information content (AvgIpc) is 2.88. The fraction of sp³-hybridized carbons (Fsp3) is 0.167. The van der Waals surface area contributed by atoms with E-state index in [9.17, 15) is 18.3 Å². The van der Waals surface area contributed by atoms with Crippen LogP contribution in [-0.4, -0.2) is 53.5 Å². The summed E-state index contributed by atoms with van der Waals surface area (Å²) in [5.74, 6) is -0.0372. The number of nitrogens with one attached hydrogen (secondary N) is 1. The molecule has 10 nitrogen and oxygen atoms in total. The lowest BCUT2D eigenvalue weighted by Gasteiger charge is -2.25. The number of aromatic hydroxyl groups is 1. The van der Waals surface area contributed by atoms with Crippen LogP contribution in [-0.2, 0) is 14.8 Å². The Kier molecular flexibility index (Phi) is 8.16. The minimum atomic E-state index is -4.17. The van der Waals surface area contributed by atoms with E-state index in [-0.39, 0.29) is 27.8 Å². The molecular formula is C24H25N3O7S. The summed E-state index contributed by atoms with van der Waals surface area (Å²) in [6.45, 7) is -0.609. The number of rotatable bonds is 10.